The minimum atomic E-state index is -1.000. The van der Waals surface area contributed by atoms with Gasteiger partial charge in [0.1, 0.15) is 0 Å². The first-order valence-corrected chi connectivity index (χ1v) is 7.16. The first-order chi connectivity index (χ1) is 8.63. The molecule has 0 aromatic heterocycles. The lowest BCUT2D eigenvalue weighted by Crippen LogP contribution is -2.41. The normalized spacial score (nSPS) is 17.6. The molecular formula is C15H29NO3. The Morgan fingerprint density at radius 1 is 1.21 bits per heavy atom. The van der Waals surface area contributed by atoms with Crippen LogP contribution in [0.4, 0.5) is 0 Å². The fraction of sp³-hybridized carbons (Fsp3) is 0.867. The Hall–Kier alpha value is -1.06. The highest BCUT2D eigenvalue weighted by Crippen LogP contribution is 2.31. The number of carbonyl (C=O) groups is 2. The Morgan fingerprint density at radius 2 is 1.74 bits per heavy atom. The van der Waals surface area contributed by atoms with Gasteiger partial charge in [0, 0.05) is 12.5 Å². The minimum absolute atomic E-state index is 0.0326. The maximum atomic E-state index is 12.0. The van der Waals surface area contributed by atoms with E-state index in [2.05, 4.69) is 19.2 Å². The van der Waals surface area contributed by atoms with E-state index in [4.69, 9.17) is 0 Å². The van der Waals surface area contributed by atoms with Crippen molar-refractivity contribution in [1.29, 1.82) is 0 Å². The molecule has 0 aliphatic carbocycles. The Kier molecular flexibility index (Phi) is 7.09. The lowest BCUT2D eigenvalue weighted by Gasteiger charge is -2.29. The zero-order valence-corrected chi connectivity index (χ0v) is 13.1. The van der Waals surface area contributed by atoms with Gasteiger partial charge in [0.15, 0.2) is 0 Å². The van der Waals surface area contributed by atoms with Crippen LogP contribution in [0.25, 0.3) is 0 Å². The van der Waals surface area contributed by atoms with Crippen LogP contribution in [0.5, 0.6) is 0 Å². The van der Waals surface area contributed by atoms with E-state index in [0.717, 1.165) is 12.8 Å². The van der Waals surface area contributed by atoms with Crippen LogP contribution in [0.3, 0.4) is 0 Å². The summed E-state index contributed by atoms with van der Waals surface area (Å²) in [6, 6.07) is 0.0904. The van der Waals surface area contributed by atoms with Gasteiger partial charge < -0.3 is 10.4 Å². The molecule has 0 saturated carbocycles. The van der Waals surface area contributed by atoms with Crippen LogP contribution < -0.4 is 5.32 Å². The highest BCUT2D eigenvalue weighted by Gasteiger charge is 2.38. The lowest BCUT2D eigenvalue weighted by molar-refractivity contribution is -0.153. The predicted octanol–water partition coefficient (Wildman–Crippen LogP) is 3.06. The van der Waals surface area contributed by atoms with E-state index in [-0.39, 0.29) is 24.3 Å². The molecule has 0 saturated heterocycles. The third-order valence-corrected chi connectivity index (χ3v) is 4.15. The van der Waals surface area contributed by atoms with E-state index in [1.807, 2.05) is 20.8 Å². The summed E-state index contributed by atoms with van der Waals surface area (Å²) < 4.78 is 0. The summed E-state index contributed by atoms with van der Waals surface area (Å²) in [6.45, 7) is 11.6. The standard InChI is InChI=1S/C15H29NO3/c1-7-11(4)8-12(5)16-13(17)9-15(6,10(2)3)14(18)19/h10-12H,7-9H2,1-6H3,(H,16,17)(H,18,19). The summed E-state index contributed by atoms with van der Waals surface area (Å²) >= 11 is 0. The molecule has 0 aliphatic rings. The largest absolute Gasteiger partial charge is 0.481 e. The molecule has 0 aromatic carbocycles. The lowest BCUT2D eigenvalue weighted by atomic mass is 9.76. The second kappa shape index (κ2) is 7.51. The van der Waals surface area contributed by atoms with Crippen LogP contribution in [0, 0.1) is 17.3 Å². The number of aliphatic carboxylic acids is 1. The summed E-state index contributed by atoms with van der Waals surface area (Å²) in [5.74, 6) is -0.603. The summed E-state index contributed by atoms with van der Waals surface area (Å²) in [4.78, 5) is 23.3. The van der Waals surface area contributed by atoms with Crippen LogP contribution >= 0.6 is 0 Å². The Bertz CT molecular complexity index is 315. The molecule has 19 heavy (non-hydrogen) atoms. The molecule has 0 aromatic rings. The SMILES string of the molecule is CCC(C)CC(C)NC(=O)CC(C)(C(=O)O)C(C)C. The van der Waals surface area contributed by atoms with E-state index < -0.39 is 11.4 Å². The molecule has 3 atom stereocenters. The molecular weight excluding hydrogens is 242 g/mol. The summed E-state index contributed by atoms with van der Waals surface area (Å²) in [6.07, 6.45) is 2.04. The van der Waals surface area contributed by atoms with Crippen molar-refractivity contribution >= 4 is 11.9 Å². The molecule has 4 nitrogen and oxygen atoms in total. The van der Waals surface area contributed by atoms with Gasteiger partial charge in [0.25, 0.3) is 0 Å². The minimum Gasteiger partial charge on any atom is -0.481 e. The van der Waals surface area contributed by atoms with Crippen LogP contribution in [0.15, 0.2) is 0 Å². The number of nitrogens with one attached hydrogen (secondary N) is 1. The predicted molar refractivity (Wildman–Crippen MR) is 76.9 cm³/mol. The second-order valence-electron chi connectivity index (χ2n) is 6.27. The Balaban J connectivity index is 4.48. The van der Waals surface area contributed by atoms with Gasteiger partial charge in [0.05, 0.1) is 5.41 Å². The number of hydrogen-bond donors (Lipinski definition) is 2. The van der Waals surface area contributed by atoms with Crippen LogP contribution in [0.1, 0.15) is 60.8 Å². The molecule has 4 heteroatoms. The first-order valence-electron chi connectivity index (χ1n) is 7.16. The highest BCUT2D eigenvalue weighted by atomic mass is 16.4. The Labute approximate surface area is 117 Å². The second-order valence-corrected chi connectivity index (χ2v) is 6.27. The van der Waals surface area contributed by atoms with Gasteiger partial charge >= 0.3 is 5.97 Å². The van der Waals surface area contributed by atoms with E-state index in [9.17, 15) is 14.7 Å². The molecule has 112 valence electrons. The van der Waals surface area contributed by atoms with E-state index in [1.54, 1.807) is 6.92 Å². The summed E-state index contributed by atoms with van der Waals surface area (Å²) in [5.41, 5.74) is -1.000. The zero-order chi connectivity index (χ0) is 15.2. The monoisotopic (exact) mass is 271 g/mol. The van der Waals surface area contributed by atoms with Crippen molar-refractivity contribution in [3.05, 3.63) is 0 Å². The van der Waals surface area contributed by atoms with Crippen LogP contribution in [-0.2, 0) is 9.59 Å². The molecule has 0 rings (SSSR count). The van der Waals surface area contributed by atoms with Crippen molar-refractivity contribution in [2.24, 2.45) is 17.3 Å². The zero-order valence-electron chi connectivity index (χ0n) is 13.1. The number of hydrogen-bond acceptors (Lipinski definition) is 2. The van der Waals surface area contributed by atoms with Gasteiger partial charge in [-0.1, -0.05) is 34.1 Å². The fourth-order valence-electron chi connectivity index (χ4n) is 2.02. The van der Waals surface area contributed by atoms with Gasteiger partial charge in [-0.05, 0) is 32.1 Å². The van der Waals surface area contributed by atoms with Crippen molar-refractivity contribution in [3.8, 4) is 0 Å². The van der Waals surface area contributed by atoms with E-state index in [1.165, 1.54) is 0 Å². The van der Waals surface area contributed by atoms with E-state index in [0.29, 0.717) is 5.92 Å². The van der Waals surface area contributed by atoms with Crippen molar-refractivity contribution in [2.75, 3.05) is 0 Å². The van der Waals surface area contributed by atoms with Crippen molar-refractivity contribution in [3.63, 3.8) is 0 Å². The van der Waals surface area contributed by atoms with Crippen molar-refractivity contribution in [1.82, 2.24) is 5.32 Å². The number of carboxylic acid groups (broad SMARTS) is 1. The molecule has 0 bridgehead atoms. The molecule has 0 heterocycles. The molecule has 0 spiro atoms. The molecule has 2 N–H and O–H groups in total. The van der Waals surface area contributed by atoms with Crippen LogP contribution in [0.2, 0.25) is 0 Å². The Morgan fingerprint density at radius 3 is 2.11 bits per heavy atom. The summed E-state index contributed by atoms with van der Waals surface area (Å²) in [7, 11) is 0. The molecule has 0 aliphatic heterocycles. The fourth-order valence-corrected chi connectivity index (χ4v) is 2.02. The van der Waals surface area contributed by atoms with Crippen molar-refractivity contribution < 1.29 is 14.7 Å². The topological polar surface area (TPSA) is 66.4 Å². The number of rotatable bonds is 8. The third-order valence-electron chi connectivity index (χ3n) is 4.15. The van der Waals surface area contributed by atoms with E-state index >= 15 is 0 Å². The highest BCUT2D eigenvalue weighted by molar-refractivity contribution is 5.85. The van der Waals surface area contributed by atoms with Crippen LogP contribution in [-0.4, -0.2) is 23.0 Å². The van der Waals surface area contributed by atoms with Crippen molar-refractivity contribution in [2.45, 2.75) is 66.8 Å². The van der Waals surface area contributed by atoms with Gasteiger partial charge in [0.2, 0.25) is 5.91 Å². The maximum absolute atomic E-state index is 12.0. The van der Waals surface area contributed by atoms with Gasteiger partial charge in [-0.3, -0.25) is 9.59 Å². The van der Waals surface area contributed by atoms with Gasteiger partial charge in [-0.2, -0.15) is 0 Å². The average Bonchev–Trinajstić information content (AvgIpc) is 2.27. The third kappa shape index (κ3) is 5.62. The smallest absolute Gasteiger partial charge is 0.310 e. The molecule has 0 fully saturated rings. The summed E-state index contributed by atoms with van der Waals surface area (Å²) in [5, 5.41) is 12.2. The molecule has 3 unspecified atom stereocenters. The van der Waals surface area contributed by atoms with Gasteiger partial charge in [-0.25, -0.2) is 0 Å². The average molecular weight is 271 g/mol. The molecule has 0 radical (unpaired) electrons. The first kappa shape index (κ1) is 17.9. The maximum Gasteiger partial charge on any atom is 0.310 e. The quantitative estimate of drug-likeness (QED) is 0.713. The number of carboxylic acids is 1. The van der Waals surface area contributed by atoms with Gasteiger partial charge in [-0.15, -0.1) is 0 Å². The number of carbonyl (C=O) groups excluding carboxylic acids is 1. The number of amides is 1. The molecule has 1 amide bonds.